The molecule has 0 spiro atoms. The van der Waals surface area contributed by atoms with Crippen LogP contribution in [0, 0.1) is 3.57 Å². The van der Waals surface area contributed by atoms with E-state index < -0.39 is 18.0 Å². The highest BCUT2D eigenvalue weighted by atomic mass is 127. The van der Waals surface area contributed by atoms with Gasteiger partial charge < -0.3 is 19.3 Å². The molecule has 0 bridgehead atoms. The molecule has 45 heavy (non-hydrogen) atoms. The minimum absolute atomic E-state index is 0.144. The zero-order chi connectivity index (χ0) is 32.2. The number of rotatable bonds is 10. The van der Waals surface area contributed by atoms with Gasteiger partial charge in [-0.05, 0) is 102 Å². The number of esters is 1. The fraction of sp³-hybridized carbons (Fsp3) is 0.212. The van der Waals surface area contributed by atoms with Crippen LogP contribution in [0.15, 0.2) is 86.6 Å². The number of thiazole rings is 1. The highest BCUT2D eigenvalue weighted by molar-refractivity contribution is 14.1. The summed E-state index contributed by atoms with van der Waals surface area (Å²) >= 11 is 4.99. The maximum Gasteiger partial charge on any atom is 0.338 e. The Hall–Kier alpha value is -3.88. The first kappa shape index (κ1) is 32.5. The second kappa shape index (κ2) is 14.0. The third-order valence-corrected chi connectivity index (χ3v) is 9.58. The van der Waals surface area contributed by atoms with Gasteiger partial charge >= 0.3 is 11.9 Å². The van der Waals surface area contributed by atoms with Crippen LogP contribution in [0.3, 0.4) is 0 Å². The lowest BCUT2D eigenvalue weighted by Crippen LogP contribution is -2.39. The molecule has 0 aliphatic carbocycles. The zero-order valence-corrected chi connectivity index (χ0v) is 28.6. The quantitative estimate of drug-likeness (QED) is 0.130. The minimum Gasteiger partial charge on any atom is -0.493 e. The number of carboxylic acids is 1. The number of benzene rings is 3. The first-order valence-corrected chi connectivity index (χ1v) is 16.9. The van der Waals surface area contributed by atoms with Crippen LogP contribution in [0.4, 0.5) is 0 Å². The predicted molar refractivity (Wildman–Crippen MR) is 182 cm³/mol. The predicted octanol–water partition coefficient (Wildman–Crippen LogP) is 5.41. The number of carbonyl (C=O) groups excluding carboxylic acids is 1. The molecule has 1 atom stereocenters. The molecule has 4 aromatic rings. The summed E-state index contributed by atoms with van der Waals surface area (Å²) in [6.45, 7) is 3.85. The van der Waals surface area contributed by atoms with Crippen LogP contribution in [0.2, 0.25) is 0 Å². The number of carboxylic acid groups (broad SMARTS) is 1. The van der Waals surface area contributed by atoms with Crippen LogP contribution in [0.25, 0.3) is 6.08 Å². The molecular weight excluding hydrogens is 727 g/mol. The van der Waals surface area contributed by atoms with E-state index in [-0.39, 0.29) is 24.3 Å². The molecule has 1 aliphatic rings. The smallest absolute Gasteiger partial charge is 0.338 e. The standard InChI is InChI=1S/C33H29IN2O7S2/c1-5-42-32(40)27-18(2)35-33-36(28(27)21-9-11-23(44-4)12-10-21)30(37)26(45-33)16-20-14-24(34)29(25(15-20)41-3)43-17-19-7-6-8-22(13-19)31(38)39/h6-16,28H,5,17H2,1-4H3,(H,38,39)/b26-16-/t28-/m1/s1. The van der Waals surface area contributed by atoms with Gasteiger partial charge in [-0.3, -0.25) is 9.36 Å². The van der Waals surface area contributed by atoms with Gasteiger partial charge in [0, 0.05) is 4.90 Å². The Morgan fingerprint density at radius 1 is 1.16 bits per heavy atom. The van der Waals surface area contributed by atoms with Crippen LogP contribution in [-0.2, 0) is 16.1 Å². The molecule has 0 amide bonds. The number of carbonyl (C=O) groups is 2. The van der Waals surface area contributed by atoms with Crippen LogP contribution in [0.1, 0.15) is 46.9 Å². The molecule has 2 heterocycles. The van der Waals surface area contributed by atoms with Gasteiger partial charge in [-0.2, -0.15) is 0 Å². The average molecular weight is 757 g/mol. The van der Waals surface area contributed by atoms with Gasteiger partial charge in [-0.15, -0.1) is 11.8 Å². The summed E-state index contributed by atoms with van der Waals surface area (Å²) in [5.74, 6) is -0.550. The number of allylic oxidation sites excluding steroid dienone is 1. The van der Waals surface area contributed by atoms with E-state index in [0.717, 1.165) is 14.0 Å². The zero-order valence-electron chi connectivity index (χ0n) is 24.8. The van der Waals surface area contributed by atoms with Crippen molar-refractivity contribution >= 4 is 63.7 Å². The number of thioether (sulfide) groups is 1. The van der Waals surface area contributed by atoms with Crippen molar-refractivity contribution in [1.82, 2.24) is 4.57 Å². The van der Waals surface area contributed by atoms with Gasteiger partial charge in [0.2, 0.25) is 0 Å². The number of hydrogen-bond acceptors (Lipinski definition) is 9. The van der Waals surface area contributed by atoms with Gasteiger partial charge in [0.05, 0.1) is 44.7 Å². The van der Waals surface area contributed by atoms with Crippen LogP contribution in [-0.4, -0.2) is 41.6 Å². The third kappa shape index (κ3) is 6.87. The lowest BCUT2D eigenvalue weighted by atomic mass is 9.96. The maximum absolute atomic E-state index is 14.0. The second-order valence-corrected chi connectivity index (χ2v) is 13.0. The monoisotopic (exact) mass is 756 g/mol. The molecule has 9 nitrogen and oxygen atoms in total. The van der Waals surface area contributed by atoms with Crippen molar-refractivity contribution in [2.45, 2.75) is 31.4 Å². The van der Waals surface area contributed by atoms with E-state index in [1.807, 2.05) is 36.6 Å². The molecule has 232 valence electrons. The van der Waals surface area contributed by atoms with E-state index in [9.17, 15) is 19.5 Å². The lowest BCUT2D eigenvalue weighted by Gasteiger charge is -2.24. The summed E-state index contributed by atoms with van der Waals surface area (Å²) in [4.78, 5) is 44.7. The van der Waals surface area contributed by atoms with E-state index in [1.165, 1.54) is 24.5 Å². The molecule has 1 N–H and O–H groups in total. The van der Waals surface area contributed by atoms with Gasteiger partial charge in [-0.1, -0.05) is 35.6 Å². The Morgan fingerprint density at radius 2 is 1.91 bits per heavy atom. The molecule has 0 saturated heterocycles. The molecule has 12 heteroatoms. The van der Waals surface area contributed by atoms with Gasteiger partial charge in [-0.25, -0.2) is 14.6 Å². The number of hydrogen-bond donors (Lipinski definition) is 1. The fourth-order valence-corrected chi connectivity index (χ4v) is 7.19. The molecule has 0 saturated carbocycles. The number of aromatic nitrogens is 1. The summed E-state index contributed by atoms with van der Waals surface area (Å²) in [5.41, 5.74) is 2.94. The molecule has 0 unspecified atom stereocenters. The van der Waals surface area contributed by atoms with E-state index in [1.54, 1.807) is 60.5 Å². The van der Waals surface area contributed by atoms with Gasteiger partial charge in [0.15, 0.2) is 16.3 Å². The summed E-state index contributed by atoms with van der Waals surface area (Å²) < 4.78 is 19.8. The minimum atomic E-state index is -1.01. The average Bonchev–Trinajstić information content (AvgIpc) is 3.33. The van der Waals surface area contributed by atoms with Gasteiger partial charge in [0.1, 0.15) is 6.61 Å². The summed E-state index contributed by atoms with van der Waals surface area (Å²) in [5, 5.41) is 9.29. The molecular formula is C33H29IN2O7S2. The van der Waals surface area contributed by atoms with E-state index in [0.29, 0.717) is 43.2 Å². The fourth-order valence-electron chi connectivity index (χ4n) is 4.96. The lowest BCUT2D eigenvalue weighted by molar-refractivity contribution is -0.139. The molecule has 0 fully saturated rings. The largest absolute Gasteiger partial charge is 0.493 e. The maximum atomic E-state index is 14.0. The van der Waals surface area contributed by atoms with Crippen molar-refractivity contribution in [3.8, 4) is 11.5 Å². The number of aromatic carboxylic acids is 1. The number of nitrogens with zero attached hydrogens (tertiary/aromatic N) is 2. The van der Waals surface area contributed by atoms with Crippen molar-refractivity contribution in [2.75, 3.05) is 20.0 Å². The second-order valence-electron chi connectivity index (χ2n) is 9.90. The van der Waals surface area contributed by atoms with E-state index >= 15 is 0 Å². The first-order valence-electron chi connectivity index (χ1n) is 13.8. The highest BCUT2D eigenvalue weighted by Gasteiger charge is 2.33. The van der Waals surface area contributed by atoms with Crippen molar-refractivity contribution in [1.29, 1.82) is 0 Å². The summed E-state index contributed by atoms with van der Waals surface area (Å²) in [6.07, 6.45) is 3.76. The van der Waals surface area contributed by atoms with Crippen LogP contribution < -0.4 is 24.4 Å². The Balaban J connectivity index is 1.55. The van der Waals surface area contributed by atoms with Crippen molar-refractivity contribution < 1.29 is 28.9 Å². The summed E-state index contributed by atoms with van der Waals surface area (Å²) in [6, 6.07) is 17.3. The molecule has 1 aliphatic heterocycles. The SMILES string of the molecule is CCOC(=O)C1=C(C)N=c2s/c(=C\c3cc(I)c(OCc4cccc(C(=O)O)c4)c(OC)c3)c(=O)n2[C@@H]1c1ccc(SC)cc1. The number of methoxy groups -OCH3 is 1. The van der Waals surface area contributed by atoms with Crippen LogP contribution >= 0.6 is 45.7 Å². The van der Waals surface area contributed by atoms with Crippen molar-refractivity contribution in [3.05, 3.63) is 117 Å². The Morgan fingerprint density at radius 3 is 2.58 bits per heavy atom. The number of halogens is 1. The third-order valence-electron chi connectivity index (χ3n) is 7.06. The van der Waals surface area contributed by atoms with E-state index in [4.69, 9.17) is 14.2 Å². The first-order chi connectivity index (χ1) is 21.6. The Bertz CT molecular complexity index is 2000. The Kier molecular flexibility index (Phi) is 10.1. The van der Waals surface area contributed by atoms with Crippen molar-refractivity contribution in [2.24, 2.45) is 4.99 Å². The summed E-state index contributed by atoms with van der Waals surface area (Å²) in [7, 11) is 1.53. The molecule has 1 aromatic heterocycles. The van der Waals surface area contributed by atoms with Crippen molar-refractivity contribution in [3.63, 3.8) is 0 Å². The van der Waals surface area contributed by atoms with Crippen LogP contribution in [0.5, 0.6) is 11.5 Å². The van der Waals surface area contributed by atoms with E-state index in [2.05, 4.69) is 27.6 Å². The molecule has 0 radical (unpaired) electrons. The van der Waals surface area contributed by atoms with Gasteiger partial charge in [0.25, 0.3) is 5.56 Å². The Labute approximate surface area is 281 Å². The molecule has 5 rings (SSSR count). The number of fused-ring (bicyclic) bond motifs is 1. The number of ether oxygens (including phenoxy) is 3. The topological polar surface area (TPSA) is 116 Å². The normalized spacial score (nSPS) is 14.5. The molecule has 3 aromatic carbocycles. The highest BCUT2D eigenvalue weighted by Crippen LogP contribution is 2.35.